The summed E-state index contributed by atoms with van der Waals surface area (Å²) in [5.41, 5.74) is 2.24. The molecule has 1 aliphatic heterocycles. The summed E-state index contributed by atoms with van der Waals surface area (Å²) in [5.74, 6) is -0.703. The molecule has 7 heteroatoms. The number of amides is 1. The number of carbonyl (C=O) groups is 1. The normalized spacial score (nSPS) is 17.2. The highest BCUT2D eigenvalue weighted by molar-refractivity contribution is 6.08. The fraction of sp³-hybridized carbons (Fsp3) is 0.286. The van der Waals surface area contributed by atoms with Gasteiger partial charge in [-0.1, -0.05) is 36.2 Å². The van der Waals surface area contributed by atoms with Crippen molar-refractivity contribution >= 4 is 11.6 Å². The number of aromatic nitrogens is 2. The third-order valence-electron chi connectivity index (χ3n) is 5.92. The zero-order valence-electron chi connectivity index (χ0n) is 15.1. The van der Waals surface area contributed by atoms with Gasteiger partial charge in [-0.2, -0.15) is 0 Å². The largest absolute Gasteiger partial charge is 0.439 e. The molecule has 2 aliphatic rings. The predicted octanol–water partition coefficient (Wildman–Crippen LogP) is 3.64. The Labute approximate surface area is 160 Å². The molecule has 1 aliphatic carbocycles. The van der Waals surface area contributed by atoms with Gasteiger partial charge >= 0.3 is 5.76 Å². The monoisotopic (exact) mass is 379 g/mol. The summed E-state index contributed by atoms with van der Waals surface area (Å²) in [6, 6.07) is 11.8. The predicted molar refractivity (Wildman–Crippen MR) is 101 cm³/mol. The minimum atomic E-state index is -0.632. The number of hydrogen-bond acceptors (Lipinski definition) is 4. The number of benzene rings is 2. The maximum absolute atomic E-state index is 14.7. The lowest BCUT2D eigenvalue weighted by Crippen LogP contribution is -2.35. The van der Waals surface area contributed by atoms with Gasteiger partial charge in [0, 0.05) is 28.7 Å². The van der Waals surface area contributed by atoms with Crippen LogP contribution < -0.4 is 10.7 Å². The average molecular weight is 379 g/mol. The minimum Gasteiger partial charge on any atom is -0.307 e. The van der Waals surface area contributed by atoms with Gasteiger partial charge in [-0.25, -0.2) is 9.18 Å². The second-order valence-electron chi connectivity index (χ2n) is 7.53. The number of nitrogens with one attached hydrogen (secondary N) is 1. The SMILES string of the molecule is O=C(c1ccc(-c2noc(=O)[nH]2)cc1)N1CC2(CCCC2)c2c(F)cccc21. The van der Waals surface area contributed by atoms with Gasteiger partial charge in [0.1, 0.15) is 5.82 Å². The molecule has 1 spiro atoms. The summed E-state index contributed by atoms with van der Waals surface area (Å²) in [6.45, 7) is 0.514. The Morgan fingerprint density at radius 3 is 2.57 bits per heavy atom. The van der Waals surface area contributed by atoms with Crippen molar-refractivity contribution in [1.82, 2.24) is 10.1 Å². The third kappa shape index (κ3) is 2.50. The van der Waals surface area contributed by atoms with Gasteiger partial charge < -0.3 is 4.90 Å². The van der Waals surface area contributed by atoms with E-state index in [1.807, 2.05) is 6.07 Å². The van der Waals surface area contributed by atoms with Crippen LogP contribution in [0.4, 0.5) is 10.1 Å². The first kappa shape index (κ1) is 16.9. The summed E-state index contributed by atoms with van der Waals surface area (Å²) in [6.07, 6.45) is 3.92. The summed E-state index contributed by atoms with van der Waals surface area (Å²) in [5, 5.41) is 3.65. The third-order valence-corrected chi connectivity index (χ3v) is 5.92. The number of nitrogens with zero attached hydrogens (tertiary/aromatic N) is 2. The lowest BCUT2D eigenvalue weighted by Gasteiger charge is -2.25. The van der Waals surface area contributed by atoms with Gasteiger partial charge in [-0.05, 0) is 37.1 Å². The van der Waals surface area contributed by atoms with E-state index >= 15 is 0 Å². The molecule has 1 amide bonds. The van der Waals surface area contributed by atoms with Crippen molar-refractivity contribution in [3.05, 3.63) is 70.0 Å². The Balaban J connectivity index is 1.49. The van der Waals surface area contributed by atoms with Crippen LogP contribution in [0.5, 0.6) is 0 Å². The Hall–Kier alpha value is -3.22. The van der Waals surface area contributed by atoms with E-state index < -0.39 is 5.76 Å². The van der Waals surface area contributed by atoms with Crippen molar-refractivity contribution in [1.29, 1.82) is 0 Å². The fourth-order valence-corrected chi connectivity index (χ4v) is 4.65. The maximum atomic E-state index is 14.7. The van der Waals surface area contributed by atoms with Crippen LogP contribution in [0.25, 0.3) is 11.4 Å². The van der Waals surface area contributed by atoms with E-state index in [2.05, 4.69) is 14.7 Å². The van der Waals surface area contributed by atoms with Crippen molar-refractivity contribution < 1.29 is 13.7 Å². The molecule has 1 aromatic heterocycles. The molecule has 0 saturated heterocycles. The molecular formula is C21H18FN3O3. The van der Waals surface area contributed by atoms with Gasteiger partial charge in [0.25, 0.3) is 5.91 Å². The van der Waals surface area contributed by atoms with Gasteiger partial charge in [0.05, 0.1) is 5.69 Å². The van der Waals surface area contributed by atoms with E-state index in [0.717, 1.165) is 25.7 Å². The lowest BCUT2D eigenvalue weighted by atomic mass is 9.80. The van der Waals surface area contributed by atoms with E-state index in [1.165, 1.54) is 6.07 Å². The first-order valence-corrected chi connectivity index (χ1v) is 9.35. The van der Waals surface area contributed by atoms with E-state index in [9.17, 15) is 14.0 Å². The number of aromatic amines is 1. The highest BCUT2D eigenvalue weighted by Crippen LogP contribution is 2.51. The zero-order chi connectivity index (χ0) is 19.3. The molecule has 0 radical (unpaired) electrons. The van der Waals surface area contributed by atoms with Crippen LogP contribution in [0.1, 0.15) is 41.6 Å². The molecule has 1 N–H and O–H groups in total. The van der Waals surface area contributed by atoms with E-state index in [-0.39, 0.29) is 17.1 Å². The second kappa shape index (κ2) is 6.15. The molecule has 1 fully saturated rings. The summed E-state index contributed by atoms with van der Waals surface area (Å²) in [4.78, 5) is 28.5. The Kier molecular flexibility index (Phi) is 3.72. The van der Waals surface area contributed by atoms with Crippen molar-refractivity contribution in [2.24, 2.45) is 0 Å². The molecule has 2 aromatic carbocycles. The smallest absolute Gasteiger partial charge is 0.307 e. The number of fused-ring (bicyclic) bond motifs is 2. The van der Waals surface area contributed by atoms with Crippen LogP contribution in [-0.4, -0.2) is 22.6 Å². The van der Waals surface area contributed by atoms with Gasteiger partial charge in [-0.3, -0.25) is 14.3 Å². The van der Waals surface area contributed by atoms with Gasteiger partial charge in [0.2, 0.25) is 0 Å². The van der Waals surface area contributed by atoms with Crippen LogP contribution in [0.2, 0.25) is 0 Å². The van der Waals surface area contributed by atoms with Crippen LogP contribution >= 0.6 is 0 Å². The lowest BCUT2D eigenvalue weighted by molar-refractivity contribution is 0.0985. The van der Waals surface area contributed by atoms with Crippen molar-refractivity contribution in [2.75, 3.05) is 11.4 Å². The molecule has 3 aromatic rings. The fourth-order valence-electron chi connectivity index (χ4n) is 4.65. The zero-order valence-corrected chi connectivity index (χ0v) is 15.1. The van der Waals surface area contributed by atoms with Gasteiger partial charge in [-0.15, -0.1) is 0 Å². The number of carbonyl (C=O) groups excluding carboxylic acids is 1. The number of hydrogen-bond donors (Lipinski definition) is 1. The standard InChI is InChI=1S/C21H18FN3O3/c22-15-4-3-5-16-17(15)21(10-1-2-11-21)12-25(16)19(26)14-8-6-13(7-9-14)18-23-20(27)28-24-18/h3-9H,1-2,10-12H2,(H,23,24,27). The summed E-state index contributed by atoms with van der Waals surface area (Å²) < 4.78 is 19.2. The molecule has 0 bridgehead atoms. The van der Waals surface area contributed by atoms with Crippen LogP contribution in [-0.2, 0) is 5.41 Å². The molecular weight excluding hydrogens is 361 g/mol. The first-order chi connectivity index (χ1) is 13.6. The molecule has 2 heterocycles. The topological polar surface area (TPSA) is 79.2 Å². The number of H-pyrrole nitrogens is 1. The van der Waals surface area contributed by atoms with Crippen molar-refractivity contribution in [3.63, 3.8) is 0 Å². The highest BCUT2D eigenvalue weighted by atomic mass is 19.1. The van der Waals surface area contributed by atoms with Crippen molar-refractivity contribution in [3.8, 4) is 11.4 Å². The Morgan fingerprint density at radius 2 is 1.89 bits per heavy atom. The highest BCUT2D eigenvalue weighted by Gasteiger charge is 2.48. The average Bonchev–Trinajstić information content (AvgIpc) is 3.42. The van der Waals surface area contributed by atoms with Crippen LogP contribution in [0, 0.1) is 5.82 Å². The first-order valence-electron chi connectivity index (χ1n) is 9.35. The molecule has 0 atom stereocenters. The van der Waals surface area contributed by atoms with E-state index in [1.54, 1.807) is 35.2 Å². The summed E-state index contributed by atoms with van der Waals surface area (Å²) >= 11 is 0. The molecule has 0 unspecified atom stereocenters. The van der Waals surface area contributed by atoms with Gasteiger partial charge in [0.15, 0.2) is 5.82 Å². The Bertz CT molecular complexity index is 1110. The second-order valence-corrected chi connectivity index (χ2v) is 7.53. The molecule has 6 nitrogen and oxygen atoms in total. The molecule has 5 rings (SSSR count). The van der Waals surface area contributed by atoms with Crippen LogP contribution in [0.3, 0.4) is 0 Å². The number of halogens is 1. The quantitative estimate of drug-likeness (QED) is 0.737. The minimum absolute atomic E-state index is 0.157. The maximum Gasteiger partial charge on any atom is 0.439 e. The molecule has 1 saturated carbocycles. The van der Waals surface area contributed by atoms with E-state index in [0.29, 0.717) is 34.7 Å². The number of anilines is 1. The van der Waals surface area contributed by atoms with Crippen molar-refractivity contribution in [2.45, 2.75) is 31.1 Å². The molecule has 142 valence electrons. The number of rotatable bonds is 2. The Morgan fingerprint density at radius 1 is 1.14 bits per heavy atom. The molecule has 28 heavy (non-hydrogen) atoms. The van der Waals surface area contributed by atoms with E-state index in [4.69, 9.17) is 0 Å². The van der Waals surface area contributed by atoms with Crippen LogP contribution in [0.15, 0.2) is 51.8 Å². The summed E-state index contributed by atoms with van der Waals surface area (Å²) in [7, 11) is 0.